The van der Waals surface area contributed by atoms with Crippen LogP contribution in [0.25, 0.3) is 5.69 Å². The van der Waals surface area contributed by atoms with Crippen LogP contribution in [0.4, 0.5) is 5.69 Å². The lowest BCUT2D eigenvalue weighted by atomic mass is 10.1. The third-order valence-electron chi connectivity index (χ3n) is 4.06. The second-order valence-electron chi connectivity index (χ2n) is 6.20. The zero-order chi connectivity index (χ0) is 19.2. The van der Waals surface area contributed by atoms with Crippen LogP contribution in [0, 0.1) is 6.92 Å². The molecule has 140 valence electrons. The van der Waals surface area contributed by atoms with E-state index in [9.17, 15) is 4.79 Å². The second kappa shape index (κ2) is 9.06. The number of nitrogens with one attached hydrogen (secondary N) is 1. The quantitative estimate of drug-likeness (QED) is 0.572. The van der Waals surface area contributed by atoms with Crippen molar-refractivity contribution in [2.75, 3.05) is 11.1 Å². The summed E-state index contributed by atoms with van der Waals surface area (Å²) in [5.74, 6) is 0.161. The molecule has 0 spiro atoms. The van der Waals surface area contributed by atoms with Gasteiger partial charge in [0.25, 0.3) is 0 Å². The van der Waals surface area contributed by atoms with E-state index in [-0.39, 0.29) is 11.7 Å². The van der Waals surface area contributed by atoms with Gasteiger partial charge in [0.15, 0.2) is 5.16 Å². The molecule has 27 heavy (non-hydrogen) atoms. The number of aromatic nitrogens is 3. The summed E-state index contributed by atoms with van der Waals surface area (Å²) >= 11 is 7.54. The average molecular weight is 401 g/mol. The maximum absolute atomic E-state index is 12.3. The number of anilines is 1. The van der Waals surface area contributed by atoms with Crippen LogP contribution in [-0.4, -0.2) is 26.4 Å². The minimum absolute atomic E-state index is 0.0836. The van der Waals surface area contributed by atoms with E-state index in [2.05, 4.69) is 22.4 Å². The Morgan fingerprint density at radius 1 is 1.22 bits per heavy atom. The Bertz CT molecular complexity index is 924. The van der Waals surface area contributed by atoms with Crippen molar-refractivity contribution < 1.29 is 4.79 Å². The van der Waals surface area contributed by atoms with Gasteiger partial charge in [0, 0.05) is 10.7 Å². The third kappa shape index (κ3) is 5.11. The molecule has 3 rings (SSSR count). The SMILES string of the molecule is CCCc1ccc(NC(=O)CSc2nncn2-c2ccc(C)c(Cl)c2)cc1. The number of hydrogen-bond acceptors (Lipinski definition) is 4. The van der Waals surface area contributed by atoms with Crippen molar-refractivity contribution >= 4 is 35.0 Å². The summed E-state index contributed by atoms with van der Waals surface area (Å²) in [5, 5.41) is 12.3. The van der Waals surface area contributed by atoms with Crippen LogP contribution in [-0.2, 0) is 11.2 Å². The topological polar surface area (TPSA) is 59.8 Å². The fourth-order valence-electron chi connectivity index (χ4n) is 2.60. The van der Waals surface area contributed by atoms with Gasteiger partial charge in [-0.25, -0.2) is 0 Å². The Kier molecular flexibility index (Phi) is 6.53. The van der Waals surface area contributed by atoms with Crippen molar-refractivity contribution in [3.63, 3.8) is 0 Å². The monoisotopic (exact) mass is 400 g/mol. The van der Waals surface area contributed by atoms with Gasteiger partial charge in [0.05, 0.1) is 11.4 Å². The lowest BCUT2D eigenvalue weighted by molar-refractivity contribution is -0.113. The number of carbonyl (C=O) groups excluding carboxylic acids is 1. The molecule has 0 unspecified atom stereocenters. The first-order valence-electron chi connectivity index (χ1n) is 8.75. The molecule has 1 N–H and O–H groups in total. The number of hydrogen-bond donors (Lipinski definition) is 1. The number of halogens is 1. The first-order chi connectivity index (χ1) is 13.1. The number of carbonyl (C=O) groups is 1. The predicted molar refractivity (Wildman–Crippen MR) is 111 cm³/mol. The molecule has 0 atom stereocenters. The molecule has 0 aliphatic heterocycles. The summed E-state index contributed by atoms with van der Waals surface area (Å²) in [4.78, 5) is 12.3. The molecule has 0 saturated heterocycles. The van der Waals surface area contributed by atoms with Gasteiger partial charge in [-0.05, 0) is 48.7 Å². The molecule has 5 nitrogen and oxygen atoms in total. The van der Waals surface area contributed by atoms with E-state index in [1.807, 2.05) is 54.0 Å². The first kappa shape index (κ1) is 19.5. The molecule has 0 saturated carbocycles. The lowest BCUT2D eigenvalue weighted by Gasteiger charge is -2.08. The Balaban J connectivity index is 1.61. The maximum atomic E-state index is 12.3. The summed E-state index contributed by atoms with van der Waals surface area (Å²) in [6.45, 7) is 4.10. The number of aryl methyl sites for hydroxylation is 2. The van der Waals surface area contributed by atoms with E-state index in [0.717, 1.165) is 29.8 Å². The maximum Gasteiger partial charge on any atom is 0.234 e. The van der Waals surface area contributed by atoms with E-state index in [4.69, 9.17) is 11.6 Å². The summed E-state index contributed by atoms with van der Waals surface area (Å²) in [6.07, 6.45) is 3.77. The molecule has 1 heterocycles. The Hall–Kier alpha value is -2.31. The van der Waals surface area contributed by atoms with E-state index >= 15 is 0 Å². The standard InChI is InChI=1S/C20H21ClN4OS/c1-3-4-15-6-8-16(9-7-15)23-19(26)12-27-20-24-22-13-25(20)17-10-5-14(2)18(21)11-17/h5-11,13H,3-4,12H2,1-2H3,(H,23,26). The molecule has 0 radical (unpaired) electrons. The number of amides is 1. The predicted octanol–water partition coefficient (Wildman–Crippen LogP) is 4.91. The van der Waals surface area contributed by atoms with Gasteiger partial charge in [-0.2, -0.15) is 0 Å². The molecule has 1 amide bonds. The fraction of sp³-hybridized carbons (Fsp3) is 0.250. The van der Waals surface area contributed by atoms with Gasteiger partial charge in [-0.1, -0.05) is 54.9 Å². The Morgan fingerprint density at radius 3 is 2.70 bits per heavy atom. The molecule has 7 heteroatoms. The fourth-order valence-corrected chi connectivity index (χ4v) is 3.51. The lowest BCUT2D eigenvalue weighted by Crippen LogP contribution is -2.14. The highest BCUT2D eigenvalue weighted by Gasteiger charge is 2.11. The Morgan fingerprint density at radius 2 is 2.00 bits per heavy atom. The molecule has 0 bridgehead atoms. The van der Waals surface area contributed by atoms with Crippen LogP contribution in [0.15, 0.2) is 53.9 Å². The summed E-state index contributed by atoms with van der Waals surface area (Å²) in [6, 6.07) is 13.7. The highest BCUT2D eigenvalue weighted by atomic mass is 35.5. The zero-order valence-electron chi connectivity index (χ0n) is 15.3. The normalized spacial score (nSPS) is 10.8. The van der Waals surface area contributed by atoms with Gasteiger partial charge in [0.1, 0.15) is 6.33 Å². The van der Waals surface area contributed by atoms with Crippen molar-refractivity contribution in [3.8, 4) is 5.69 Å². The van der Waals surface area contributed by atoms with Crippen LogP contribution >= 0.6 is 23.4 Å². The van der Waals surface area contributed by atoms with Gasteiger partial charge >= 0.3 is 0 Å². The van der Waals surface area contributed by atoms with Crippen LogP contribution in [0.1, 0.15) is 24.5 Å². The summed E-state index contributed by atoms with van der Waals surface area (Å²) in [7, 11) is 0. The summed E-state index contributed by atoms with van der Waals surface area (Å²) < 4.78 is 1.82. The second-order valence-corrected chi connectivity index (χ2v) is 7.55. The zero-order valence-corrected chi connectivity index (χ0v) is 16.8. The van der Waals surface area contributed by atoms with Crippen LogP contribution in [0.3, 0.4) is 0 Å². The van der Waals surface area contributed by atoms with Crippen LogP contribution < -0.4 is 5.32 Å². The number of nitrogens with zero attached hydrogens (tertiary/aromatic N) is 3. The molecule has 2 aromatic carbocycles. The molecular weight excluding hydrogens is 380 g/mol. The van der Waals surface area contributed by atoms with Crippen molar-refractivity contribution in [3.05, 3.63) is 64.9 Å². The molecule has 0 fully saturated rings. The van der Waals surface area contributed by atoms with Crippen molar-refractivity contribution in [2.45, 2.75) is 31.8 Å². The Labute approximate surface area is 168 Å². The highest BCUT2D eigenvalue weighted by Crippen LogP contribution is 2.24. The molecule has 3 aromatic rings. The minimum Gasteiger partial charge on any atom is -0.325 e. The highest BCUT2D eigenvalue weighted by molar-refractivity contribution is 7.99. The van der Waals surface area contributed by atoms with E-state index in [0.29, 0.717) is 10.2 Å². The van der Waals surface area contributed by atoms with E-state index in [1.165, 1.54) is 17.3 Å². The number of thioether (sulfide) groups is 1. The van der Waals surface area contributed by atoms with Crippen molar-refractivity contribution in [1.82, 2.24) is 14.8 Å². The van der Waals surface area contributed by atoms with Crippen molar-refractivity contribution in [2.24, 2.45) is 0 Å². The largest absolute Gasteiger partial charge is 0.325 e. The van der Waals surface area contributed by atoms with Crippen LogP contribution in [0.2, 0.25) is 5.02 Å². The molecule has 1 aromatic heterocycles. The molecule has 0 aliphatic carbocycles. The molecular formula is C20H21ClN4OS. The van der Waals surface area contributed by atoms with Gasteiger partial charge in [0.2, 0.25) is 5.91 Å². The molecule has 0 aliphatic rings. The van der Waals surface area contributed by atoms with Gasteiger partial charge in [-0.3, -0.25) is 9.36 Å². The summed E-state index contributed by atoms with van der Waals surface area (Å²) in [5.41, 5.74) is 3.94. The minimum atomic E-state index is -0.0836. The third-order valence-corrected chi connectivity index (χ3v) is 5.41. The van der Waals surface area contributed by atoms with E-state index < -0.39 is 0 Å². The number of benzene rings is 2. The van der Waals surface area contributed by atoms with Crippen molar-refractivity contribution in [1.29, 1.82) is 0 Å². The van der Waals surface area contributed by atoms with E-state index in [1.54, 1.807) is 6.33 Å². The number of rotatable bonds is 7. The first-order valence-corrected chi connectivity index (χ1v) is 10.1. The smallest absolute Gasteiger partial charge is 0.234 e. The van der Waals surface area contributed by atoms with Gasteiger partial charge in [-0.15, -0.1) is 10.2 Å². The van der Waals surface area contributed by atoms with Crippen LogP contribution in [0.5, 0.6) is 0 Å². The van der Waals surface area contributed by atoms with Gasteiger partial charge < -0.3 is 5.32 Å². The average Bonchev–Trinajstić information content (AvgIpc) is 3.13.